The fourth-order valence-corrected chi connectivity index (χ4v) is 2.48. The molecule has 0 aliphatic carbocycles. The van der Waals surface area contributed by atoms with Crippen molar-refractivity contribution in [2.24, 2.45) is 0 Å². The average molecular weight is 246 g/mol. The highest BCUT2D eigenvalue weighted by Gasteiger charge is 2.36. The van der Waals surface area contributed by atoms with Crippen molar-refractivity contribution < 1.29 is 4.79 Å². The van der Waals surface area contributed by atoms with Crippen molar-refractivity contribution >= 4 is 5.91 Å². The lowest BCUT2D eigenvalue weighted by atomic mass is 10.1. The number of carbonyl (C=O) groups excluding carboxylic acids is 1. The van der Waals surface area contributed by atoms with E-state index in [0.29, 0.717) is 0 Å². The summed E-state index contributed by atoms with van der Waals surface area (Å²) in [4.78, 5) is 14.3. The normalized spacial score (nSPS) is 23.7. The Morgan fingerprint density at radius 3 is 2.61 bits per heavy atom. The fourth-order valence-electron chi connectivity index (χ4n) is 2.48. The van der Waals surface area contributed by atoms with Gasteiger partial charge in [-0.25, -0.2) is 0 Å². The first-order valence-corrected chi connectivity index (χ1v) is 6.85. The van der Waals surface area contributed by atoms with Gasteiger partial charge in [-0.15, -0.1) is 0 Å². The van der Waals surface area contributed by atoms with Crippen molar-refractivity contribution in [3.63, 3.8) is 0 Å². The Bertz CT molecular complexity index is 391. The van der Waals surface area contributed by atoms with Gasteiger partial charge in [0.1, 0.15) is 6.04 Å². The van der Waals surface area contributed by atoms with Crippen LogP contribution in [0.4, 0.5) is 0 Å². The molecular weight excluding hydrogens is 224 g/mol. The van der Waals surface area contributed by atoms with E-state index in [4.69, 9.17) is 0 Å². The van der Waals surface area contributed by atoms with Gasteiger partial charge in [0.2, 0.25) is 5.91 Å². The first kappa shape index (κ1) is 13.1. The maximum atomic E-state index is 12.4. The van der Waals surface area contributed by atoms with Gasteiger partial charge in [-0.1, -0.05) is 50.1 Å². The number of hydrogen-bond donors (Lipinski definition) is 1. The number of hydrogen-bond acceptors (Lipinski definition) is 2. The molecule has 3 nitrogen and oxygen atoms in total. The molecule has 1 N–H and O–H groups in total. The van der Waals surface area contributed by atoms with Gasteiger partial charge in [0, 0.05) is 6.54 Å². The van der Waals surface area contributed by atoms with Crippen LogP contribution in [0.5, 0.6) is 0 Å². The van der Waals surface area contributed by atoms with E-state index < -0.39 is 0 Å². The van der Waals surface area contributed by atoms with E-state index in [2.05, 4.69) is 19.2 Å². The highest BCUT2D eigenvalue weighted by Crippen LogP contribution is 2.24. The third-order valence-electron chi connectivity index (χ3n) is 3.54. The molecule has 0 bridgehead atoms. The van der Waals surface area contributed by atoms with Crippen LogP contribution in [0.2, 0.25) is 0 Å². The van der Waals surface area contributed by atoms with Crippen molar-refractivity contribution in [1.29, 1.82) is 0 Å². The maximum absolute atomic E-state index is 12.4. The minimum absolute atomic E-state index is 0.138. The summed E-state index contributed by atoms with van der Waals surface area (Å²) >= 11 is 0. The molecule has 1 aromatic carbocycles. The van der Waals surface area contributed by atoms with Crippen LogP contribution in [0.25, 0.3) is 0 Å². The minimum atomic E-state index is -0.164. The van der Waals surface area contributed by atoms with Crippen LogP contribution < -0.4 is 5.32 Å². The molecule has 98 valence electrons. The van der Waals surface area contributed by atoms with E-state index in [1.807, 2.05) is 35.2 Å². The van der Waals surface area contributed by atoms with E-state index in [1.165, 1.54) is 12.8 Å². The van der Waals surface area contributed by atoms with Crippen LogP contribution in [0.15, 0.2) is 30.3 Å². The smallest absolute Gasteiger partial charge is 0.245 e. The summed E-state index contributed by atoms with van der Waals surface area (Å²) in [6.45, 7) is 5.11. The molecule has 1 aliphatic heterocycles. The molecule has 1 aromatic rings. The molecular formula is C15H22N2O. The van der Waals surface area contributed by atoms with Gasteiger partial charge < -0.3 is 4.90 Å². The van der Waals surface area contributed by atoms with Crippen LogP contribution in [0, 0.1) is 0 Å². The molecule has 0 radical (unpaired) electrons. The summed E-state index contributed by atoms with van der Waals surface area (Å²) < 4.78 is 0. The molecule has 2 rings (SSSR count). The Morgan fingerprint density at radius 2 is 1.94 bits per heavy atom. The van der Waals surface area contributed by atoms with Gasteiger partial charge >= 0.3 is 0 Å². The maximum Gasteiger partial charge on any atom is 0.245 e. The summed E-state index contributed by atoms with van der Waals surface area (Å²) in [6.07, 6.45) is 3.60. The largest absolute Gasteiger partial charge is 0.326 e. The van der Waals surface area contributed by atoms with Crippen molar-refractivity contribution in [3.8, 4) is 0 Å². The summed E-state index contributed by atoms with van der Waals surface area (Å²) in [5.74, 6) is 0.213. The second kappa shape index (κ2) is 6.01. The lowest BCUT2D eigenvalue weighted by Crippen LogP contribution is -2.35. The third kappa shape index (κ3) is 2.72. The Balaban J connectivity index is 2.02. The molecule has 1 saturated heterocycles. The third-order valence-corrected chi connectivity index (χ3v) is 3.54. The van der Waals surface area contributed by atoms with Crippen LogP contribution in [-0.4, -0.2) is 23.5 Å². The second-order valence-corrected chi connectivity index (χ2v) is 4.93. The zero-order valence-electron chi connectivity index (χ0n) is 11.2. The molecule has 2 atom stereocenters. The number of nitrogens with zero attached hydrogens (tertiary/aromatic N) is 1. The predicted octanol–water partition coefficient (Wildman–Crippen LogP) is 2.70. The Morgan fingerprint density at radius 1 is 1.22 bits per heavy atom. The molecule has 3 heteroatoms. The highest BCUT2D eigenvalue weighted by atomic mass is 16.2. The summed E-state index contributed by atoms with van der Waals surface area (Å²) in [5.41, 5.74) is 1.06. The number of amides is 1. The molecule has 1 amide bonds. The molecule has 0 aromatic heterocycles. The van der Waals surface area contributed by atoms with E-state index in [0.717, 1.165) is 18.5 Å². The van der Waals surface area contributed by atoms with Crippen molar-refractivity contribution in [2.45, 2.75) is 45.3 Å². The number of nitrogens with one attached hydrogen (secondary N) is 1. The summed E-state index contributed by atoms with van der Waals surface area (Å²) in [5, 5.41) is 3.37. The first-order chi connectivity index (χ1) is 8.74. The molecule has 1 fully saturated rings. The van der Waals surface area contributed by atoms with Crippen molar-refractivity contribution in [2.75, 3.05) is 6.54 Å². The summed E-state index contributed by atoms with van der Waals surface area (Å²) in [7, 11) is 0. The Labute approximate surface area is 109 Å². The summed E-state index contributed by atoms with van der Waals surface area (Å²) in [6, 6.07) is 9.80. The van der Waals surface area contributed by atoms with E-state index >= 15 is 0 Å². The molecule has 2 unspecified atom stereocenters. The van der Waals surface area contributed by atoms with Gasteiger partial charge in [0.05, 0.1) is 6.17 Å². The van der Waals surface area contributed by atoms with E-state index in [9.17, 15) is 4.79 Å². The number of unbranched alkanes of at least 4 members (excludes halogenated alkanes) is 2. The van der Waals surface area contributed by atoms with Crippen LogP contribution in [0.1, 0.15) is 44.7 Å². The Hall–Kier alpha value is -1.35. The number of rotatable bonds is 5. The standard InChI is InChI=1S/C15H22N2O/c1-3-4-8-11-17-12(2)16-14(15(17)18)13-9-6-5-7-10-13/h5-7,9-10,12,14,16H,3-4,8,11H2,1-2H3. The lowest BCUT2D eigenvalue weighted by Gasteiger charge is -2.20. The van der Waals surface area contributed by atoms with Gasteiger partial charge in [-0.05, 0) is 18.9 Å². The van der Waals surface area contributed by atoms with Gasteiger partial charge in [-0.2, -0.15) is 0 Å². The SMILES string of the molecule is CCCCCN1C(=O)C(c2ccccc2)NC1C. The van der Waals surface area contributed by atoms with Crippen molar-refractivity contribution in [1.82, 2.24) is 10.2 Å². The molecule has 0 spiro atoms. The molecule has 18 heavy (non-hydrogen) atoms. The minimum Gasteiger partial charge on any atom is -0.326 e. The van der Waals surface area contributed by atoms with Crippen molar-refractivity contribution in [3.05, 3.63) is 35.9 Å². The van der Waals surface area contributed by atoms with Crippen LogP contribution >= 0.6 is 0 Å². The predicted molar refractivity (Wildman–Crippen MR) is 73.0 cm³/mol. The number of benzene rings is 1. The number of carbonyl (C=O) groups is 1. The van der Waals surface area contributed by atoms with E-state index in [-0.39, 0.29) is 18.1 Å². The quantitative estimate of drug-likeness (QED) is 0.810. The monoisotopic (exact) mass is 246 g/mol. The molecule has 0 saturated carbocycles. The lowest BCUT2D eigenvalue weighted by molar-refractivity contribution is -0.130. The van der Waals surface area contributed by atoms with Gasteiger partial charge in [-0.3, -0.25) is 10.1 Å². The van der Waals surface area contributed by atoms with Gasteiger partial charge in [0.25, 0.3) is 0 Å². The average Bonchev–Trinajstić information content (AvgIpc) is 2.68. The highest BCUT2D eigenvalue weighted by molar-refractivity contribution is 5.85. The Kier molecular flexibility index (Phi) is 4.37. The van der Waals surface area contributed by atoms with Gasteiger partial charge in [0.15, 0.2) is 0 Å². The zero-order valence-corrected chi connectivity index (χ0v) is 11.2. The second-order valence-electron chi connectivity index (χ2n) is 4.93. The first-order valence-electron chi connectivity index (χ1n) is 6.85. The topological polar surface area (TPSA) is 32.3 Å². The van der Waals surface area contributed by atoms with Crippen LogP contribution in [-0.2, 0) is 4.79 Å². The molecule has 1 aliphatic rings. The fraction of sp³-hybridized carbons (Fsp3) is 0.533. The molecule has 1 heterocycles. The van der Waals surface area contributed by atoms with Crippen LogP contribution in [0.3, 0.4) is 0 Å². The zero-order chi connectivity index (χ0) is 13.0. The van der Waals surface area contributed by atoms with E-state index in [1.54, 1.807) is 0 Å².